The van der Waals surface area contributed by atoms with Crippen LogP contribution in [0.25, 0.3) is 0 Å². The third-order valence-corrected chi connectivity index (χ3v) is 3.31. The van der Waals surface area contributed by atoms with E-state index in [4.69, 9.17) is 27.6 Å². The maximum atomic E-state index is 11.8. The molecule has 88 valence electrons. The minimum absolute atomic E-state index is 0.167. The van der Waals surface area contributed by atoms with E-state index < -0.39 is 0 Å². The molecule has 0 aliphatic rings. The van der Waals surface area contributed by atoms with Gasteiger partial charge in [0.1, 0.15) is 0 Å². The summed E-state index contributed by atoms with van der Waals surface area (Å²) in [5.41, 5.74) is 0.674. The Morgan fingerprint density at radius 3 is 2.59 bits per heavy atom. The van der Waals surface area contributed by atoms with E-state index in [1.165, 1.54) is 12.1 Å². The van der Waals surface area contributed by atoms with Gasteiger partial charge < -0.3 is 9.73 Å². The van der Waals surface area contributed by atoms with E-state index in [1.54, 1.807) is 18.2 Å². The third-order valence-electron chi connectivity index (χ3n) is 1.98. The van der Waals surface area contributed by atoms with Gasteiger partial charge >= 0.3 is 0 Å². The van der Waals surface area contributed by atoms with E-state index in [-0.39, 0.29) is 16.9 Å². The Kier molecular flexibility index (Phi) is 3.96. The second-order valence-electron chi connectivity index (χ2n) is 3.18. The van der Waals surface area contributed by atoms with Crippen LogP contribution in [0, 0.1) is 3.57 Å². The van der Waals surface area contributed by atoms with Crippen molar-refractivity contribution in [2.24, 2.45) is 0 Å². The van der Waals surface area contributed by atoms with Crippen LogP contribution in [0.1, 0.15) is 10.6 Å². The van der Waals surface area contributed by atoms with E-state index in [0.29, 0.717) is 10.7 Å². The van der Waals surface area contributed by atoms with Crippen LogP contribution in [0.4, 0.5) is 5.69 Å². The zero-order chi connectivity index (χ0) is 12.4. The predicted octanol–water partition coefficient (Wildman–Crippen LogP) is 4.44. The lowest BCUT2D eigenvalue weighted by Gasteiger charge is -2.05. The number of benzene rings is 1. The Bertz CT molecular complexity index is 568. The number of carbonyl (C=O) groups excluding carboxylic acids is 1. The second kappa shape index (κ2) is 5.29. The molecule has 1 N–H and O–H groups in total. The molecule has 0 fully saturated rings. The Morgan fingerprint density at radius 2 is 2.00 bits per heavy atom. The maximum Gasteiger partial charge on any atom is 0.291 e. The van der Waals surface area contributed by atoms with Crippen molar-refractivity contribution in [1.82, 2.24) is 0 Å². The minimum Gasteiger partial charge on any atom is -0.440 e. The number of rotatable bonds is 2. The highest BCUT2D eigenvalue weighted by Gasteiger charge is 2.12. The van der Waals surface area contributed by atoms with Gasteiger partial charge in [0.25, 0.3) is 5.91 Å². The van der Waals surface area contributed by atoms with E-state index in [9.17, 15) is 4.79 Å². The van der Waals surface area contributed by atoms with Crippen molar-refractivity contribution in [3.05, 3.63) is 49.9 Å². The van der Waals surface area contributed by atoms with Gasteiger partial charge in [-0.2, -0.15) is 0 Å². The van der Waals surface area contributed by atoms with Crippen molar-refractivity contribution in [3.63, 3.8) is 0 Å². The first-order valence-electron chi connectivity index (χ1n) is 4.58. The van der Waals surface area contributed by atoms with Gasteiger partial charge in [0.05, 0.1) is 5.69 Å². The Balaban J connectivity index is 2.18. The molecule has 1 aromatic heterocycles. The average Bonchev–Trinajstić information content (AvgIpc) is 2.69. The van der Waals surface area contributed by atoms with Gasteiger partial charge in [-0.1, -0.05) is 11.6 Å². The van der Waals surface area contributed by atoms with Gasteiger partial charge in [-0.3, -0.25) is 4.79 Å². The largest absolute Gasteiger partial charge is 0.440 e. The summed E-state index contributed by atoms with van der Waals surface area (Å²) in [5, 5.41) is 3.51. The molecule has 0 bridgehead atoms. The number of carbonyl (C=O) groups is 1. The summed E-state index contributed by atoms with van der Waals surface area (Å²) < 4.78 is 5.85. The molecule has 0 spiro atoms. The zero-order valence-corrected chi connectivity index (χ0v) is 12.0. The summed E-state index contributed by atoms with van der Waals surface area (Å²) in [6, 6.07) is 8.22. The van der Waals surface area contributed by atoms with Gasteiger partial charge in [-0.15, -0.1) is 0 Å². The lowest BCUT2D eigenvalue weighted by molar-refractivity contribution is 0.0996. The first kappa shape index (κ1) is 12.7. The number of anilines is 1. The Morgan fingerprint density at radius 1 is 1.24 bits per heavy atom. The molecule has 17 heavy (non-hydrogen) atoms. The van der Waals surface area contributed by atoms with Crippen LogP contribution in [-0.4, -0.2) is 5.91 Å². The molecule has 1 amide bonds. The highest BCUT2D eigenvalue weighted by atomic mass is 127. The number of hydrogen-bond acceptors (Lipinski definition) is 2. The van der Waals surface area contributed by atoms with Crippen LogP contribution in [-0.2, 0) is 0 Å². The van der Waals surface area contributed by atoms with Crippen LogP contribution < -0.4 is 5.32 Å². The molecule has 1 aromatic carbocycles. The van der Waals surface area contributed by atoms with Gasteiger partial charge in [-0.25, -0.2) is 0 Å². The Hall–Kier alpha value is -0.720. The predicted molar refractivity (Wildman–Crippen MR) is 75.8 cm³/mol. The van der Waals surface area contributed by atoms with E-state index in [2.05, 4.69) is 27.9 Å². The van der Waals surface area contributed by atoms with Gasteiger partial charge in [0, 0.05) is 8.59 Å². The fourth-order valence-electron chi connectivity index (χ4n) is 1.21. The number of amides is 1. The molecule has 0 radical (unpaired) electrons. The molecule has 0 aliphatic carbocycles. The first-order chi connectivity index (χ1) is 8.06. The van der Waals surface area contributed by atoms with Crippen molar-refractivity contribution in [3.8, 4) is 0 Å². The monoisotopic (exact) mass is 381 g/mol. The molecule has 0 saturated heterocycles. The fourth-order valence-corrected chi connectivity index (χ4v) is 2.36. The lowest BCUT2D eigenvalue weighted by Crippen LogP contribution is -2.11. The summed E-state index contributed by atoms with van der Waals surface area (Å²) in [4.78, 5) is 11.8. The molecule has 1 heterocycles. The zero-order valence-electron chi connectivity index (χ0n) is 8.34. The van der Waals surface area contributed by atoms with Crippen molar-refractivity contribution >= 4 is 57.4 Å². The molecule has 0 unspecified atom stereocenters. The maximum absolute atomic E-state index is 11.8. The van der Waals surface area contributed by atoms with Crippen molar-refractivity contribution < 1.29 is 9.21 Å². The van der Waals surface area contributed by atoms with Gasteiger partial charge in [0.2, 0.25) is 0 Å². The topological polar surface area (TPSA) is 42.2 Å². The molecule has 0 saturated carbocycles. The van der Waals surface area contributed by atoms with Crippen LogP contribution in [0.3, 0.4) is 0 Å². The van der Waals surface area contributed by atoms with Crippen molar-refractivity contribution in [2.75, 3.05) is 5.32 Å². The summed E-state index contributed by atoms with van der Waals surface area (Å²) >= 11 is 13.5. The SMILES string of the molecule is O=C(Nc1ccc(Cl)cc1I)c1ccc(Cl)o1. The molecule has 2 aromatic rings. The van der Waals surface area contributed by atoms with E-state index >= 15 is 0 Å². The van der Waals surface area contributed by atoms with Crippen molar-refractivity contribution in [1.29, 1.82) is 0 Å². The number of halogens is 3. The third kappa shape index (κ3) is 3.14. The quantitative estimate of drug-likeness (QED) is 0.781. The molecule has 0 atom stereocenters. The summed E-state index contributed by atoms with van der Waals surface area (Å²) in [6.45, 7) is 0. The normalized spacial score (nSPS) is 10.3. The average molecular weight is 382 g/mol. The summed E-state index contributed by atoms with van der Waals surface area (Å²) in [5.74, 6) is -0.183. The van der Waals surface area contributed by atoms with Crippen LogP contribution in [0.2, 0.25) is 10.2 Å². The molecule has 0 aliphatic heterocycles. The number of nitrogens with one attached hydrogen (secondary N) is 1. The second-order valence-corrected chi connectivity index (χ2v) is 5.15. The van der Waals surface area contributed by atoms with E-state index in [0.717, 1.165) is 3.57 Å². The lowest BCUT2D eigenvalue weighted by atomic mass is 10.3. The molecule has 6 heteroatoms. The summed E-state index contributed by atoms with van der Waals surface area (Å²) in [7, 11) is 0. The molecule has 2 rings (SSSR count). The van der Waals surface area contributed by atoms with E-state index in [1.807, 2.05) is 0 Å². The fraction of sp³-hybridized carbons (Fsp3) is 0. The smallest absolute Gasteiger partial charge is 0.291 e. The van der Waals surface area contributed by atoms with Gasteiger partial charge in [0.15, 0.2) is 11.0 Å². The highest BCUT2D eigenvalue weighted by molar-refractivity contribution is 14.1. The summed E-state index contributed by atoms with van der Waals surface area (Å²) in [6.07, 6.45) is 0. The van der Waals surface area contributed by atoms with Crippen LogP contribution >= 0.6 is 45.8 Å². The number of hydrogen-bond donors (Lipinski definition) is 1. The molecular weight excluding hydrogens is 376 g/mol. The highest BCUT2D eigenvalue weighted by Crippen LogP contribution is 2.23. The first-order valence-corrected chi connectivity index (χ1v) is 6.41. The Labute approximate surface area is 121 Å². The molecule has 3 nitrogen and oxygen atoms in total. The standard InChI is InChI=1S/C11H6Cl2INO2/c12-6-1-2-8(7(14)5-6)15-11(16)9-3-4-10(13)17-9/h1-5H,(H,15,16). The van der Waals surface area contributed by atoms with Gasteiger partial charge in [-0.05, 0) is 64.5 Å². The minimum atomic E-state index is -0.350. The molecular formula is C11H6Cl2INO2. The van der Waals surface area contributed by atoms with Crippen molar-refractivity contribution in [2.45, 2.75) is 0 Å². The van der Waals surface area contributed by atoms with Crippen LogP contribution in [0.5, 0.6) is 0 Å². The van der Waals surface area contributed by atoms with Crippen LogP contribution in [0.15, 0.2) is 34.7 Å². The number of furan rings is 1.